The molecular formula is C49H42Cl2SiZr-2. The third-order valence-electron chi connectivity index (χ3n) is 9.78. The van der Waals surface area contributed by atoms with Crippen LogP contribution < -0.4 is 24.8 Å². The molecule has 0 saturated carbocycles. The van der Waals surface area contributed by atoms with Crippen LogP contribution in [0.4, 0.5) is 0 Å². The summed E-state index contributed by atoms with van der Waals surface area (Å²) in [4.78, 5) is 0. The van der Waals surface area contributed by atoms with Gasteiger partial charge < -0.3 is 24.8 Å². The zero-order chi connectivity index (χ0) is 35.3. The first-order valence-electron chi connectivity index (χ1n) is 17.7. The molecule has 53 heavy (non-hydrogen) atoms. The van der Waals surface area contributed by atoms with Gasteiger partial charge in [-0.2, -0.15) is 12.1 Å². The van der Waals surface area contributed by atoms with Crippen molar-refractivity contribution in [3.8, 4) is 22.3 Å². The number of hydrogen-bond acceptors (Lipinski definition) is 0. The molecule has 0 unspecified atom stereocenters. The molecule has 0 aliphatic heterocycles. The van der Waals surface area contributed by atoms with Crippen LogP contribution in [0.2, 0.25) is 0 Å². The first-order chi connectivity index (χ1) is 24.9. The van der Waals surface area contributed by atoms with Gasteiger partial charge in [0.15, 0.2) is 0 Å². The first kappa shape index (κ1) is 40.2. The number of fused-ring (bicyclic) bond motifs is 4. The van der Waals surface area contributed by atoms with E-state index in [1.54, 1.807) is 23.3 Å². The minimum absolute atomic E-state index is 0. The van der Waals surface area contributed by atoms with Crippen molar-refractivity contribution in [2.75, 3.05) is 0 Å². The van der Waals surface area contributed by atoms with Crippen LogP contribution in [0.3, 0.4) is 0 Å². The van der Waals surface area contributed by atoms with Crippen molar-refractivity contribution in [1.29, 1.82) is 0 Å². The summed E-state index contributed by atoms with van der Waals surface area (Å²) in [5, 5.41) is 10.7. The number of hydrogen-bond donors (Lipinski definition) is 0. The third kappa shape index (κ3) is 8.86. The molecule has 0 heterocycles. The molecule has 0 bridgehead atoms. The van der Waals surface area contributed by atoms with Crippen LogP contribution in [0.1, 0.15) is 27.8 Å². The van der Waals surface area contributed by atoms with Gasteiger partial charge >= 0.3 is 71.4 Å². The van der Waals surface area contributed by atoms with E-state index in [1.807, 2.05) is 0 Å². The molecule has 262 valence electrons. The first-order valence-corrected chi connectivity index (χ1v) is 23.4. The normalized spacial score (nSPS) is 10.5. The Kier molecular flexibility index (Phi) is 13.9. The molecule has 9 aromatic rings. The summed E-state index contributed by atoms with van der Waals surface area (Å²) in [6, 6.07) is 60.5. The molecule has 0 nitrogen and oxygen atoms in total. The summed E-state index contributed by atoms with van der Waals surface area (Å²) in [5.41, 5.74) is 12.3. The van der Waals surface area contributed by atoms with Crippen LogP contribution in [-0.2, 0) is 29.4 Å². The summed E-state index contributed by atoms with van der Waals surface area (Å²) in [5.74, 6) is 0. The Labute approximate surface area is 342 Å². The van der Waals surface area contributed by atoms with Crippen LogP contribution >= 0.6 is 0 Å². The molecule has 4 heteroatoms. The van der Waals surface area contributed by atoms with Gasteiger partial charge in [0.1, 0.15) is 0 Å². The Hall–Kier alpha value is -4.04. The van der Waals surface area contributed by atoms with E-state index in [1.165, 1.54) is 99.2 Å². The van der Waals surface area contributed by atoms with Gasteiger partial charge in [0.05, 0.1) is 0 Å². The Morgan fingerprint density at radius 1 is 0.453 bits per heavy atom. The predicted octanol–water partition coefficient (Wildman–Crippen LogP) is 7.08. The number of aryl methyl sites for hydroxylation is 4. The monoisotopic (exact) mass is 818 g/mol. The van der Waals surface area contributed by atoms with E-state index in [4.69, 9.17) is 0 Å². The fourth-order valence-corrected chi connectivity index (χ4v) is 9.66. The standard InChI is InChI=1S/2C21H17.C7H8Si.2ClH.Zr/c2*1-14-12-17-11-10-15(2)21(20(17)13-14)19-9-5-7-16-6-3-4-8-18(16)19;8-6-7-4-2-1-3-5-7;;;/h2*3-13H,1-2H3;1-5,8H,6H2;2*1H;/q2*-1;;;;+2/p-2. The Morgan fingerprint density at radius 2 is 0.868 bits per heavy atom. The van der Waals surface area contributed by atoms with Crippen LogP contribution in [-0.4, -0.2) is 6.16 Å². The summed E-state index contributed by atoms with van der Waals surface area (Å²) in [6.45, 7) is 8.75. The van der Waals surface area contributed by atoms with Gasteiger partial charge in [0.25, 0.3) is 0 Å². The zero-order valence-corrected chi connectivity index (χ0v) is 35.8. The topological polar surface area (TPSA) is 0 Å². The Morgan fingerprint density at radius 3 is 1.32 bits per heavy atom. The quantitative estimate of drug-likeness (QED) is 0.132. The van der Waals surface area contributed by atoms with Crippen molar-refractivity contribution in [3.05, 3.63) is 192 Å². The van der Waals surface area contributed by atoms with Gasteiger partial charge in [-0.05, 0) is 46.5 Å². The van der Waals surface area contributed by atoms with Gasteiger partial charge in [-0.15, -0.1) is 69.1 Å². The van der Waals surface area contributed by atoms with Crippen LogP contribution in [0.25, 0.3) is 65.3 Å². The molecule has 9 rings (SSSR count). The second-order valence-corrected chi connectivity index (χ2v) is 17.4. The van der Waals surface area contributed by atoms with Crippen LogP contribution in [0.15, 0.2) is 164 Å². The van der Waals surface area contributed by atoms with Gasteiger partial charge in [-0.25, -0.2) is 0 Å². The van der Waals surface area contributed by atoms with Gasteiger partial charge in [-0.1, -0.05) is 121 Å². The van der Waals surface area contributed by atoms with Crippen molar-refractivity contribution in [3.63, 3.8) is 0 Å². The van der Waals surface area contributed by atoms with Crippen molar-refractivity contribution < 1.29 is 48.1 Å². The van der Waals surface area contributed by atoms with Crippen molar-refractivity contribution in [1.82, 2.24) is 0 Å². The van der Waals surface area contributed by atoms with Gasteiger partial charge in [-0.3, -0.25) is 0 Å². The molecular weight excluding hydrogens is 779 g/mol. The molecule has 0 aromatic heterocycles. The number of benzene rings is 7. The van der Waals surface area contributed by atoms with Gasteiger partial charge in [0.2, 0.25) is 0 Å². The zero-order valence-electron chi connectivity index (χ0n) is 30.6. The molecule has 0 N–H and O–H groups in total. The van der Waals surface area contributed by atoms with Crippen molar-refractivity contribution in [2.45, 2.75) is 33.7 Å². The average molecular weight is 821 g/mol. The average Bonchev–Trinajstić information content (AvgIpc) is 3.73. The minimum atomic E-state index is 0. The van der Waals surface area contributed by atoms with Crippen LogP contribution in [0.5, 0.6) is 0 Å². The molecule has 0 fully saturated rings. The Balaban J connectivity index is 0.000000162. The summed E-state index contributed by atoms with van der Waals surface area (Å²) in [6.07, 6.45) is 0.715. The molecule has 0 aliphatic carbocycles. The molecule has 0 amide bonds. The summed E-state index contributed by atoms with van der Waals surface area (Å²) >= 11 is 1.72. The second kappa shape index (κ2) is 18.3. The van der Waals surface area contributed by atoms with E-state index >= 15 is 0 Å². The molecule has 0 radical (unpaired) electrons. The van der Waals surface area contributed by atoms with E-state index in [-0.39, 0.29) is 24.8 Å². The van der Waals surface area contributed by atoms with Crippen molar-refractivity contribution >= 4 is 49.2 Å². The predicted molar refractivity (Wildman–Crippen MR) is 221 cm³/mol. The Bertz CT molecular complexity index is 2460. The van der Waals surface area contributed by atoms with Crippen molar-refractivity contribution in [2.24, 2.45) is 0 Å². The fourth-order valence-electron chi connectivity index (χ4n) is 7.42. The number of halogens is 2. The molecule has 0 atom stereocenters. The fraction of sp³-hybridized carbons (Fsp3) is 0.102. The van der Waals surface area contributed by atoms with E-state index in [2.05, 4.69) is 191 Å². The van der Waals surface area contributed by atoms with Crippen LogP contribution in [0, 0.1) is 27.7 Å². The van der Waals surface area contributed by atoms with E-state index in [0.717, 1.165) is 0 Å². The maximum atomic E-state index is 2.30. The molecule has 0 saturated heterocycles. The van der Waals surface area contributed by atoms with E-state index < -0.39 is 0 Å². The molecule has 0 aliphatic rings. The molecule has 0 spiro atoms. The van der Waals surface area contributed by atoms with Gasteiger partial charge in [0, 0.05) is 0 Å². The van der Waals surface area contributed by atoms with E-state index in [0.29, 0.717) is 6.16 Å². The SMILES string of the molecule is Cc1cc2c(-c3cccc4ccccc34)c(C)ccc2[cH-]1.Cc1cc2c(-c3cccc4ccccc34)c(C)ccc2[cH-]1.[Cl-].[Cl-].[Zr+2]=[SiH]Cc1ccccc1. The molecule has 9 aromatic carbocycles. The summed E-state index contributed by atoms with van der Waals surface area (Å²) < 4.78 is 0. The maximum absolute atomic E-state index is 2.30. The summed E-state index contributed by atoms with van der Waals surface area (Å²) in [7, 11) is 0. The number of rotatable bonds is 4. The third-order valence-corrected chi connectivity index (χ3v) is 12.0. The second-order valence-electron chi connectivity index (χ2n) is 13.5. The van der Waals surface area contributed by atoms with E-state index in [9.17, 15) is 0 Å².